The van der Waals surface area contributed by atoms with Crippen molar-refractivity contribution in [3.8, 4) is 0 Å². The summed E-state index contributed by atoms with van der Waals surface area (Å²) in [6.07, 6.45) is 3.34. The molecule has 1 N–H and O–H groups in total. The highest BCUT2D eigenvalue weighted by molar-refractivity contribution is 7.99. The van der Waals surface area contributed by atoms with Gasteiger partial charge in [-0.05, 0) is 60.8 Å². The van der Waals surface area contributed by atoms with Crippen molar-refractivity contribution >= 4 is 23.4 Å². The van der Waals surface area contributed by atoms with Crippen LogP contribution >= 0.6 is 23.4 Å². The first-order chi connectivity index (χ1) is 8.65. The maximum Gasteiger partial charge on any atom is 0.142 e. The Morgan fingerprint density at radius 2 is 2.11 bits per heavy atom. The quantitative estimate of drug-likeness (QED) is 0.906. The summed E-state index contributed by atoms with van der Waals surface area (Å²) in [4.78, 5) is 0. The number of thioether (sulfide) groups is 1. The standard InChI is InChI=1S/C14H18ClFOS/c15-13-2-1-11(9-14(13)16)8-12(17)7-10-3-5-18-6-4-10/h1-2,9-10,12,17H,3-8H2. The Morgan fingerprint density at radius 3 is 2.78 bits per heavy atom. The Morgan fingerprint density at radius 1 is 1.39 bits per heavy atom. The summed E-state index contributed by atoms with van der Waals surface area (Å²) in [6, 6.07) is 4.75. The normalized spacial score (nSPS) is 18.8. The summed E-state index contributed by atoms with van der Waals surface area (Å²) in [6.45, 7) is 0. The predicted molar refractivity (Wildman–Crippen MR) is 75.8 cm³/mol. The fraction of sp³-hybridized carbons (Fsp3) is 0.571. The third-order valence-electron chi connectivity index (χ3n) is 3.40. The first kappa shape index (κ1) is 14.2. The molecule has 1 fully saturated rings. The van der Waals surface area contributed by atoms with E-state index < -0.39 is 5.82 Å². The van der Waals surface area contributed by atoms with Crippen LogP contribution in [0.5, 0.6) is 0 Å². The van der Waals surface area contributed by atoms with Crippen LogP contribution < -0.4 is 0 Å². The number of aliphatic hydroxyl groups excluding tert-OH is 1. The van der Waals surface area contributed by atoms with Crippen LogP contribution in [0.2, 0.25) is 5.02 Å². The van der Waals surface area contributed by atoms with Gasteiger partial charge in [-0.3, -0.25) is 0 Å². The molecule has 1 aliphatic heterocycles. The van der Waals surface area contributed by atoms with Crippen LogP contribution in [0, 0.1) is 11.7 Å². The van der Waals surface area contributed by atoms with Crippen molar-refractivity contribution in [2.24, 2.45) is 5.92 Å². The van der Waals surface area contributed by atoms with Gasteiger partial charge in [0.05, 0.1) is 11.1 Å². The molecule has 1 unspecified atom stereocenters. The smallest absolute Gasteiger partial charge is 0.142 e. The zero-order valence-corrected chi connectivity index (χ0v) is 11.8. The molecule has 1 aromatic carbocycles. The van der Waals surface area contributed by atoms with E-state index in [1.54, 1.807) is 12.1 Å². The molecular weight excluding hydrogens is 271 g/mol. The summed E-state index contributed by atoms with van der Waals surface area (Å²) in [5.41, 5.74) is 0.814. The SMILES string of the molecule is OC(Cc1ccc(Cl)c(F)c1)CC1CCSCC1. The molecule has 4 heteroatoms. The second-order valence-electron chi connectivity index (χ2n) is 4.90. The minimum atomic E-state index is -0.407. The van der Waals surface area contributed by atoms with E-state index in [-0.39, 0.29) is 11.1 Å². The molecule has 0 amide bonds. The van der Waals surface area contributed by atoms with Gasteiger partial charge in [0, 0.05) is 0 Å². The summed E-state index contributed by atoms with van der Waals surface area (Å²) in [7, 11) is 0. The average Bonchev–Trinajstić information content (AvgIpc) is 2.35. The number of benzene rings is 1. The van der Waals surface area contributed by atoms with Crippen molar-refractivity contribution in [1.82, 2.24) is 0 Å². The van der Waals surface area contributed by atoms with Crippen LogP contribution in [-0.4, -0.2) is 22.7 Å². The number of hydrogen-bond donors (Lipinski definition) is 1. The third kappa shape index (κ3) is 4.15. The molecule has 18 heavy (non-hydrogen) atoms. The molecule has 100 valence electrons. The van der Waals surface area contributed by atoms with Gasteiger partial charge in [-0.25, -0.2) is 4.39 Å². The molecule has 0 bridgehead atoms. The predicted octanol–water partition coefficient (Wildman–Crippen LogP) is 3.92. The first-order valence-electron chi connectivity index (χ1n) is 6.35. The van der Waals surface area contributed by atoms with Crippen LogP contribution in [0.25, 0.3) is 0 Å². The molecule has 1 nitrogen and oxygen atoms in total. The third-order valence-corrected chi connectivity index (χ3v) is 4.76. The van der Waals surface area contributed by atoms with Gasteiger partial charge in [0.1, 0.15) is 5.82 Å². The minimum absolute atomic E-state index is 0.137. The summed E-state index contributed by atoms with van der Waals surface area (Å²) in [5.74, 6) is 2.62. The zero-order chi connectivity index (χ0) is 13.0. The highest BCUT2D eigenvalue weighted by Gasteiger charge is 2.18. The molecule has 0 aliphatic carbocycles. The van der Waals surface area contributed by atoms with Crippen LogP contribution in [0.3, 0.4) is 0 Å². The largest absolute Gasteiger partial charge is 0.393 e. The van der Waals surface area contributed by atoms with E-state index in [9.17, 15) is 9.50 Å². The minimum Gasteiger partial charge on any atom is -0.393 e. The second-order valence-corrected chi connectivity index (χ2v) is 6.53. The lowest BCUT2D eigenvalue weighted by atomic mass is 9.93. The fourth-order valence-corrected chi connectivity index (χ4v) is 3.71. The van der Waals surface area contributed by atoms with Gasteiger partial charge in [0.15, 0.2) is 0 Å². The van der Waals surface area contributed by atoms with Gasteiger partial charge in [0.2, 0.25) is 0 Å². The maximum atomic E-state index is 13.3. The molecule has 0 aromatic heterocycles. The molecule has 0 spiro atoms. The Bertz CT molecular complexity index is 393. The molecule has 1 heterocycles. The topological polar surface area (TPSA) is 20.2 Å². The first-order valence-corrected chi connectivity index (χ1v) is 7.88. The van der Waals surface area contributed by atoms with Crippen LogP contribution in [0.1, 0.15) is 24.8 Å². The molecular formula is C14H18ClFOS. The van der Waals surface area contributed by atoms with E-state index in [0.29, 0.717) is 12.3 Å². The second kappa shape index (κ2) is 6.78. The van der Waals surface area contributed by atoms with E-state index in [1.807, 2.05) is 11.8 Å². The van der Waals surface area contributed by atoms with E-state index in [4.69, 9.17) is 11.6 Å². The van der Waals surface area contributed by atoms with E-state index in [2.05, 4.69) is 0 Å². The average molecular weight is 289 g/mol. The lowest BCUT2D eigenvalue weighted by Crippen LogP contribution is -2.19. The summed E-state index contributed by atoms with van der Waals surface area (Å²) >= 11 is 7.62. The van der Waals surface area contributed by atoms with Crippen molar-refractivity contribution in [2.75, 3.05) is 11.5 Å². The van der Waals surface area contributed by atoms with Gasteiger partial charge in [-0.15, -0.1) is 0 Å². The zero-order valence-electron chi connectivity index (χ0n) is 10.2. The molecule has 1 aromatic rings. The number of halogens is 2. The van der Waals surface area contributed by atoms with Crippen molar-refractivity contribution < 1.29 is 9.50 Å². The van der Waals surface area contributed by atoms with Gasteiger partial charge in [0.25, 0.3) is 0 Å². The fourth-order valence-electron chi connectivity index (χ4n) is 2.39. The van der Waals surface area contributed by atoms with Crippen molar-refractivity contribution in [2.45, 2.75) is 31.8 Å². The van der Waals surface area contributed by atoms with E-state index in [1.165, 1.54) is 30.4 Å². The Kier molecular flexibility index (Phi) is 5.34. The Hall–Kier alpha value is -0.250. The van der Waals surface area contributed by atoms with Crippen LogP contribution in [0.15, 0.2) is 18.2 Å². The summed E-state index contributed by atoms with van der Waals surface area (Å²) in [5, 5.41) is 10.2. The van der Waals surface area contributed by atoms with E-state index in [0.717, 1.165) is 12.0 Å². The molecule has 1 saturated heterocycles. The number of rotatable bonds is 4. The van der Waals surface area contributed by atoms with Gasteiger partial charge < -0.3 is 5.11 Å². The maximum absolute atomic E-state index is 13.3. The highest BCUT2D eigenvalue weighted by Crippen LogP contribution is 2.27. The monoisotopic (exact) mass is 288 g/mol. The number of hydrogen-bond acceptors (Lipinski definition) is 2. The lowest BCUT2D eigenvalue weighted by Gasteiger charge is -2.23. The lowest BCUT2D eigenvalue weighted by molar-refractivity contribution is 0.139. The number of aliphatic hydroxyl groups is 1. The van der Waals surface area contributed by atoms with E-state index >= 15 is 0 Å². The van der Waals surface area contributed by atoms with Crippen LogP contribution in [0.4, 0.5) is 4.39 Å². The molecule has 2 rings (SSSR count). The molecule has 0 radical (unpaired) electrons. The molecule has 1 atom stereocenters. The van der Waals surface area contributed by atoms with Crippen LogP contribution in [-0.2, 0) is 6.42 Å². The van der Waals surface area contributed by atoms with Gasteiger partial charge >= 0.3 is 0 Å². The van der Waals surface area contributed by atoms with Crippen molar-refractivity contribution in [3.63, 3.8) is 0 Å². The van der Waals surface area contributed by atoms with Crippen molar-refractivity contribution in [1.29, 1.82) is 0 Å². The molecule has 1 aliphatic rings. The molecule has 0 saturated carbocycles. The Labute approximate surface area is 117 Å². The van der Waals surface area contributed by atoms with Gasteiger partial charge in [-0.1, -0.05) is 17.7 Å². The van der Waals surface area contributed by atoms with Gasteiger partial charge in [-0.2, -0.15) is 11.8 Å². The van der Waals surface area contributed by atoms with Crippen molar-refractivity contribution in [3.05, 3.63) is 34.6 Å². The Balaban J connectivity index is 1.85. The summed E-state index contributed by atoms with van der Waals surface area (Å²) < 4.78 is 13.3. The highest BCUT2D eigenvalue weighted by atomic mass is 35.5.